The van der Waals surface area contributed by atoms with Gasteiger partial charge in [-0.2, -0.15) is 0 Å². The Labute approximate surface area is 121 Å². The minimum atomic E-state index is -0.495. The van der Waals surface area contributed by atoms with Crippen molar-refractivity contribution < 1.29 is 14.3 Å². The number of carbonyl (C=O) groups is 1. The number of methoxy groups -OCH3 is 1. The van der Waals surface area contributed by atoms with Crippen molar-refractivity contribution in [2.75, 3.05) is 7.11 Å². The standard InChI is InChI=1S/C16H25NO3/c1-5-9-12(3)17-16(18)13(6-2)20-15-11-8-7-10-14(15)19-4/h7-8,10-13H,5-6,9H2,1-4H3,(H,17,18)/t12-,13+/m0/s1. The highest BCUT2D eigenvalue weighted by Crippen LogP contribution is 2.27. The zero-order valence-electron chi connectivity index (χ0n) is 12.8. The molecule has 0 aromatic heterocycles. The Balaban J connectivity index is 2.68. The summed E-state index contributed by atoms with van der Waals surface area (Å²) in [5, 5.41) is 2.98. The normalized spacial score (nSPS) is 13.4. The van der Waals surface area contributed by atoms with E-state index < -0.39 is 6.10 Å². The molecule has 4 nitrogen and oxygen atoms in total. The van der Waals surface area contributed by atoms with E-state index in [0.717, 1.165) is 12.8 Å². The molecule has 0 saturated heterocycles. The molecular formula is C16H25NO3. The maximum absolute atomic E-state index is 12.2. The fraction of sp³-hybridized carbons (Fsp3) is 0.562. The van der Waals surface area contributed by atoms with Gasteiger partial charge in [-0.25, -0.2) is 0 Å². The summed E-state index contributed by atoms with van der Waals surface area (Å²) in [4.78, 5) is 12.2. The highest BCUT2D eigenvalue weighted by Gasteiger charge is 2.21. The Hall–Kier alpha value is -1.71. The number of rotatable bonds is 8. The van der Waals surface area contributed by atoms with Crippen LogP contribution in [0.1, 0.15) is 40.0 Å². The molecular weight excluding hydrogens is 254 g/mol. The third-order valence-electron chi connectivity index (χ3n) is 3.11. The van der Waals surface area contributed by atoms with Gasteiger partial charge in [-0.05, 0) is 31.9 Å². The molecule has 0 heterocycles. The van der Waals surface area contributed by atoms with Crippen molar-refractivity contribution >= 4 is 5.91 Å². The number of hydrogen-bond donors (Lipinski definition) is 1. The average molecular weight is 279 g/mol. The molecule has 0 unspecified atom stereocenters. The van der Waals surface area contributed by atoms with Gasteiger partial charge in [0.15, 0.2) is 17.6 Å². The lowest BCUT2D eigenvalue weighted by molar-refractivity contribution is -0.128. The van der Waals surface area contributed by atoms with E-state index in [9.17, 15) is 4.79 Å². The first-order chi connectivity index (χ1) is 9.62. The first-order valence-electron chi connectivity index (χ1n) is 7.22. The van der Waals surface area contributed by atoms with Gasteiger partial charge in [0, 0.05) is 6.04 Å². The molecule has 0 bridgehead atoms. The zero-order valence-corrected chi connectivity index (χ0v) is 12.8. The summed E-state index contributed by atoms with van der Waals surface area (Å²) >= 11 is 0. The first-order valence-corrected chi connectivity index (χ1v) is 7.22. The fourth-order valence-corrected chi connectivity index (χ4v) is 2.03. The number of amides is 1. The lowest BCUT2D eigenvalue weighted by Gasteiger charge is -2.21. The molecule has 0 aliphatic heterocycles. The van der Waals surface area contributed by atoms with E-state index in [1.165, 1.54) is 0 Å². The van der Waals surface area contributed by atoms with Gasteiger partial charge >= 0.3 is 0 Å². The van der Waals surface area contributed by atoms with Crippen LogP contribution >= 0.6 is 0 Å². The summed E-state index contributed by atoms with van der Waals surface area (Å²) < 4.78 is 11.0. The Morgan fingerprint density at radius 2 is 1.90 bits per heavy atom. The maximum atomic E-state index is 12.2. The molecule has 0 aliphatic carbocycles. The van der Waals surface area contributed by atoms with Gasteiger partial charge in [0.05, 0.1) is 7.11 Å². The molecule has 1 N–H and O–H groups in total. The van der Waals surface area contributed by atoms with Crippen LogP contribution in [0.2, 0.25) is 0 Å². The van der Waals surface area contributed by atoms with Crippen LogP contribution in [-0.4, -0.2) is 25.2 Å². The molecule has 1 aromatic carbocycles. The van der Waals surface area contributed by atoms with Gasteiger partial charge in [-0.1, -0.05) is 32.4 Å². The van der Waals surface area contributed by atoms with Crippen LogP contribution in [0.3, 0.4) is 0 Å². The Kier molecular flexibility index (Phi) is 6.91. The Bertz CT molecular complexity index is 420. The van der Waals surface area contributed by atoms with Gasteiger partial charge < -0.3 is 14.8 Å². The van der Waals surface area contributed by atoms with E-state index in [2.05, 4.69) is 12.2 Å². The summed E-state index contributed by atoms with van der Waals surface area (Å²) in [5.41, 5.74) is 0. The topological polar surface area (TPSA) is 47.6 Å². The summed E-state index contributed by atoms with van der Waals surface area (Å²) in [6.45, 7) is 6.05. The monoisotopic (exact) mass is 279 g/mol. The summed E-state index contributed by atoms with van der Waals surface area (Å²) in [5.74, 6) is 1.17. The van der Waals surface area contributed by atoms with Gasteiger partial charge in [0.2, 0.25) is 0 Å². The second kappa shape index (κ2) is 8.46. The number of para-hydroxylation sites is 2. The molecule has 0 fully saturated rings. The summed E-state index contributed by atoms with van der Waals surface area (Å²) in [6, 6.07) is 7.53. The van der Waals surface area contributed by atoms with Crippen LogP contribution in [0, 0.1) is 0 Å². The predicted octanol–water partition coefficient (Wildman–Crippen LogP) is 3.16. The van der Waals surface area contributed by atoms with Gasteiger partial charge in [-0.3, -0.25) is 4.79 Å². The van der Waals surface area contributed by atoms with E-state index in [1.54, 1.807) is 7.11 Å². The molecule has 112 valence electrons. The Morgan fingerprint density at radius 1 is 1.25 bits per heavy atom. The SMILES string of the molecule is CCC[C@H](C)NC(=O)[C@@H](CC)Oc1ccccc1OC. The number of benzene rings is 1. The van der Waals surface area contributed by atoms with Crippen LogP contribution < -0.4 is 14.8 Å². The fourth-order valence-electron chi connectivity index (χ4n) is 2.03. The van der Waals surface area contributed by atoms with E-state index >= 15 is 0 Å². The van der Waals surface area contributed by atoms with Crippen molar-refractivity contribution in [3.8, 4) is 11.5 Å². The average Bonchev–Trinajstić information content (AvgIpc) is 2.45. The molecule has 0 spiro atoms. The zero-order chi connectivity index (χ0) is 15.0. The highest BCUT2D eigenvalue weighted by atomic mass is 16.5. The minimum Gasteiger partial charge on any atom is -0.493 e. The maximum Gasteiger partial charge on any atom is 0.261 e. The molecule has 2 atom stereocenters. The van der Waals surface area contributed by atoms with Crippen LogP contribution in [0.4, 0.5) is 0 Å². The van der Waals surface area contributed by atoms with Crippen molar-refractivity contribution in [1.29, 1.82) is 0 Å². The quantitative estimate of drug-likeness (QED) is 0.795. The number of carbonyl (C=O) groups excluding carboxylic acids is 1. The van der Waals surface area contributed by atoms with Crippen LogP contribution in [0.15, 0.2) is 24.3 Å². The number of hydrogen-bond acceptors (Lipinski definition) is 3. The second-order valence-corrected chi connectivity index (χ2v) is 4.86. The molecule has 0 saturated carbocycles. The van der Waals surface area contributed by atoms with Crippen molar-refractivity contribution in [3.05, 3.63) is 24.3 Å². The molecule has 0 radical (unpaired) electrons. The van der Waals surface area contributed by atoms with E-state index in [1.807, 2.05) is 38.1 Å². The van der Waals surface area contributed by atoms with Crippen LogP contribution in [0.25, 0.3) is 0 Å². The first kappa shape index (κ1) is 16.3. The smallest absolute Gasteiger partial charge is 0.261 e. The van der Waals surface area contributed by atoms with E-state index in [4.69, 9.17) is 9.47 Å². The van der Waals surface area contributed by atoms with E-state index in [-0.39, 0.29) is 11.9 Å². The molecule has 20 heavy (non-hydrogen) atoms. The second-order valence-electron chi connectivity index (χ2n) is 4.86. The highest BCUT2D eigenvalue weighted by molar-refractivity contribution is 5.81. The predicted molar refractivity (Wildman–Crippen MR) is 80.2 cm³/mol. The van der Waals surface area contributed by atoms with Gasteiger partial charge in [0.1, 0.15) is 0 Å². The molecule has 1 amide bonds. The largest absolute Gasteiger partial charge is 0.493 e. The molecule has 1 aromatic rings. The summed E-state index contributed by atoms with van der Waals surface area (Å²) in [7, 11) is 1.59. The van der Waals surface area contributed by atoms with Crippen molar-refractivity contribution in [3.63, 3.8) is 0 Å². The lowest BCUT2D eigenvalue weighted by atomic mass is 10.1. The Morgan fingerprint density at radius 3 is 2.45 bits per heavy atom. The van der Waals surface area contributed by atoms with Crippen molar-refractivity contribution in [2.45, 2.75) is 52.2 Å². The summed E-state index contributed by atoms with van der Waals surface area (Å²) in [6.07, 6.45) is 2.14. The van der Waals surface area contributed by atoms with Crippen molar-refractivity contribution in [1.82, 2.24) is 5.32 Å². The van der Waals surface area contributed by atoms with Gasteiger partial charge in [0.25, 0.3) is 5.91 Å². The third kappa shape index (κ3) is 4.76. The van der Waals surface area contributed by atoms with Crippen LogP contribution in [-0.2, 0) is 4.79 Å². The number of nitrogens with one attached hydrogen (secondary N) is 1. The van der Waals surface area contributed by atoms with Crippen LogP contribution in [0.5, 0.6) is 11.5 Å². The molecule has 1 rings (SSSR count). The van der Waals surface area contributed by atoms with Gasteiger partial charge in [-0.15, -0.1) is 0 Å². The molecule has 0 aliphatic rings. The number of ether oxygens (including phenoxy) is 2. The minimum absolute atomic E-state index is 0.0700. The lowest BCUT2D eigenvalue weighted by Crippen LogP contribution is -2.42. The van der Waals surface area contributed by atoms with E-state index in [0.29, 0.717) is 17.9 Å². The molecule has 4 heteroatoms. The van der Waals surface area contributed by atoms with Crippen molar-refractivity contribution in [2.24, 2.45) is 0 Å². The third-order valence-corrected chi connectivity index (χ3v) is 3.11.